The fourth-order valence-corrected chi connectivity index (χ4v) is 5.94. The van der Waals surface area contributed by atoms with Crippen LogP contribution in [0.25, 0.3) is 0 Å². The fourth-order valence-electron chi connectivity index (χ4n) is 5.13. The number of hydrogen-bond donors (Lipinski definition) is 1. The summed E-state index contributed by atoms with van der Waals surface area (Å²) in [6.07, 6.45) is 3.96. The number of carbonyl (C=O) groups excluding carboxylic acids is 2. The van der Waals surface area contributed by atoms with Crippen molar-refractivity contribution in [1.82, 2.24) is 14.9 Å². The van der Waals surface area contributed by atoms with Crippen LogP contribution in [0.2, 0.25) is 0 Å². The van der Waals surface area contributed by atoms with Crippen LogP contribution in [0.4, 0.5) is 16.6 Å². The maximum atomic E-state index is 13.2. The monoisotopic (exact) mass is 607 g/mol. The van der Waals surface area contributed by atoms with Gasteiger partial charge in [0.1, 0.15) is 11.4 Å². The van der Waals surface area contributed by atoms with Crippen molar-refractivity contribution in [3.05, 3.63) is 69.5 Å². The third-order valence-corrected chi connectivity index (χ3v) is 8.43. The molecule has 1 aliphatic rings. The summed E-state index contributed by atoms with van der Waals surface area (Å²) >= 11 is 1.66. The van der Waals surface area contributed by atoms with Crippen molar-refractivity contribution < 1.29 is 19.1 Å². The highest BCUT2D eigenvalue weighted by Crippen LogP contribution is 2.32. The lowest BCUT2D eigenvalue weighted by Gasteiger charge is -2.26. The molecule has 9 nitrogen and oxygen atoms in total. The molecule has 0 saturated heterocycles. The zero-order chi connectivity index (χ0) is 31.0. The Morgan fingerprint density at radius 1 is 1.23 bits per heavy atom. The first-order valence-electron chi connectivity index (χ1n) is 15.1. The number of benzene rings is 1. The zero-order valence-corrected chi connectivity index (χ0v) is 27.1. The summed E-state index contributed by atoms with van der Waals surface area (Å²) in [6.45, 7) is 10.1. The van der Waals surface area contributed by atoms with Crippen LogP contribution in [-0.4, -0.2) is 66.1 Å². The van der Waals surface area contributed by atoms with Crippen molar-refractivity contribution >= 4 is 35.0 Å². The first kappa shape index (κ1) is 32.4. The molecule has 0 saturated carbocycles. The molecule has 0 aliphatic carbocycles. The number of carbonyl (C=O) groups is 2. The Morgan fingerprint density at radius 2 is 2.05 bits per heavy atom. The second kappa shape index (κ2) is 14.8. The van der Waals surface area contributed by atoms with E-state index in [1.165, 1.54) is 5.56 Å². The van der Waals surface area contributed by atoms with E-state index < -0.39 is 5.60 Å². The van der Waals surface area contributed by atoms with Gasteiger partial charge >= 0.3 is 6.09 Å². The minimum atomic E-state index is -0.536. The second-order valence-electron chi connectivity index (χ2n) is 12.1. The standard InChI is InChI=1S/C33H45N5O4S/c1-7-34-31-35-21-26-27(39)14-13-24(15-17-37(5)30(26)36-31)25-11-8-10-23(20-25)22-41-28(29-12-9-19-43-29)16-18-38(6)32(40)42-33(2,3)4/h8-12,19-21,24,28H,7,13-18,22H2,1-6H3,(H,34,35,36)/t24?,28-/m1/s1. The van der Waals surface area contributed by atoms with Crippen LogP contribution in [-0.2, 0) is 16.1 Å². The molecule has 1 N–H and O–H groups in total. The van der Waals surface area contributed by atoms with Gasteiger partial charge in [-0.05, 0) is 75.4 Å². The van der Waals surface area contributed by atoms with Crippen LogP contribution < -0.4 is 10.2 Å². The first-order chi connectivity index (χ1) is 20.5. The smallest absolute Gasteiger partial charge is 0.410 e. The molecule has 232 valence electrons. The molecular formula is C33H45N5O4S. The molecule has 4 rings (SSSR count). The van der Waals surface area contributed by atoms with Crippen LogP contribution >= 0.6 is 11.3 Å². The van der Waals surface area contributed by atoms with Gasteiger partial charge in [-0.2, -0.15) is 4.98 Å². The third-order valence-electron chi connectivity index (χ3n) is 7.46. The molecule has 0 spiro atoms. The van der Waals surface area contributed by atoms with E-state index in [4.69, 9.17) is 9.47 Å². The number of rotatable bonds is 10. The number of amides is 1. The maximum Gasteiger partial charge on any atom is 0.410 e. The predicted octanol–water partition coefficient (Wildman–Crippen LogP) is 7.07. The molecule has 10 heteroatoms. The summed E-state index contributed by atoms with van der Waals surface area (Å²) in [6, 6.07) is 12.6. The average molecular weight is 608 g/mol. The van der Waals surface area contributed by atoms with E-state index >= 15 is 0 Å². The van der Waals surface area contributed by atoms with E-state index in [0.29, 0.717) is 43.3 Å². The first-order valence-corrected chi connectivity index (χ1v) is 15.9. The van der Waals surface area contributed by atoms with E-state index in [1.54, 1.807) is 29.5 Å². The second-order valence-corrected chi connectivity index (χ2v) is 13.1. The minimum absolute atomic E-state index is 0.0754. The SMILES string of the molecule is CCNc1ncc2c(n1)N(C)CCC(c1cccc(CO[C@H](CCN(C)C(=O)OC(C)(C)C)c3cccs3)c1)CCC2=O. The van der Waals surface area contributed by atoms with Crippen molar-refractivity contribution in [3.8, 4) is 0 Å². The van der Waals surface area contributed by atoms with Gasteiger partial charge in [-0.15, -0.1) is 11.3 Å². The van der Waals surface area contributed by atoms with E-state index in [-0.39, 0.29) is 23.9 Å². The van der Waals surface area contributed by atoms with E-state index in [9.17, 15) is 9.59 Å². The van der Waals surface area contributed by atoms with Crippen molar-refractivity contribution in [2.24, 2.45) is 0 Å². The maximum absolute atomic E-state index is 13.2. The third kappa shape index (κ3) is 9.24. The summed E-state index contributed by atoms with van der Waals surface area (Å²) in [5.41, 5.74) is 2.35. The van der Waals surface area contributed by atoms with Crippen molar-refractivity contribution in [2.45, 2.75) is 77.6 Å². The molecular weight excluding hydrogens is 562 g/mol. The quantitative estimate of drug-likeness (QED) is 0.261. The van der Waals surface area contributed by atoms with Gasteiger partial charge in [0.2, 0.25) is 5.95 Å². The van der Waals surface area contributed by atoms with Crippen molar-refractivity contribution in [3.63, 3.8) is 0 Å². The van der Waals surface area contributed by atoms with E-state index in [1.807, 2.05) is 46.2 Å². The number of hydrogen-bond acceptors (Lipinski definition) is 9. The fraction of sp³-hybridized carbons (Fsp3) is 0.515. The van der Waals surface area contributed by atoms with Gasteiger partial charge < -0.3 is 24.6 Å². The lowest BCUT2D eigenvalue weighted by atomic mass is 9.89. The average Bonchev–Trinajstić information content (AvgIpc) is 3.52. The van der Waals surface area contributed by atoms with Gasteiger partial charge in [0.15, 0.2) is 5.78 Å². The van der Waals surface area contributed by atoms with Gasteiger partial charge in [-0.3, -0.25) is 4.79 Å². The number of nitrogens with zero attached hydrogens (tertiary/aromatic N) is 4. The van der Waals surface area contributed by atoms with Crippen LogP contribution in [0.1, 0.15) is 91.8 Å². The number of fused-ring (bicyclic) bond motifs is 1. The van der Waals surface area contributed by atoms with Crippen LogP contribution in [0.5, 0.6) is 0 Å². The van der Waals surface area contributed by atoms with Crippen molar-refractivity contribution in [2.75, 3.05) is 43.9 Å². The Hall–Kier alpha value is -3.50. The Kier molecular flexibility index (Phi) is 11.2. The van der Waals surface area contributed by atoms with Crippen LogP contribution in [0.15, 0.2) is 48.0 Å². The Bertz CT molecular complexity index is 1360. The summed E-state index contributed by atoms with van der Waals surface area (Å²) < 4.78 is 12.0. The molecule has 0 bridgehead atoms. The number of aromatic nitrogens is 2. The lowest BCUT2D eigenvalue weighted by molar-refractivity contribution is 0.0148. The Labute approximate surface area is 259 Å². The molecule has 3 heterocycles. The minimum Gasteiger partial charge on any atom is -0.444 e. The summed E-state index contributed by atoms with van der Waals surface area (Å²) in [5, 5.41) is 5.19. The largest absolute Gasteiger partial charge is 0.444 e. The molecule has 1 aliphatic heterocycles. The molecule has 1 aromatic carbocycles. The van der Waals surface area contributed by atoms with Gasteiger partial charge in [0.05, 0.1) is 18.3 Å². The molecule has 2 atom stereocenters. The predicted molar refractivity (Wildman–Crippen MR) is 172 cm³/mol. The van der Waals surface area contributed by atoms with Gasteiger partial charge in [0.25, 0.3) is 0 Å². The van der Waals surface area contributed by atoms with Gasteiger partial charge in [-0.25, -0.2) is 9.78 Å². The Morgan fingerprint density at radius 3 is 2.77 bits per heavy atom. The molecule has 1 amide bonds. The topological polar surface area (TPSA) is 96.9 Å². The molecule has 43 heavy (non-hydrogen) atoms. The number of Topliss-reactive ketones (excluding diaryl/α,β-unsaturated/α-hetero) is 1. The van der Waals surface area contributed by atoms with Crippen LogP contribution in [0.3, 0.4) is 0 Å². The molecule has 1 unspecified atom stereocenters. The highest BCUT2D eigenvalue weighted by molar-refractivity contribution is 7.10. The molecule has 0 fully saturated rings. The molecule has 0 radical (unpaired) electrons. The normalized spacial score (nSPS) is 16.5. The number of anilines is 2. The zero-order valence-electron chi connectivity index (χ0n) is 26.3. The number of nitrogens with one attached hydrogen (secondary N) is 1. The van der Waals surface area contributed by atoms with Crippen LogP contribution in [0, 0.1) is 0 Å². The molecule has 2 aromatic heterocycles. The number of thiophene rings is 1. The Balaban J connectivity index is 1.41. The van der Waals surface area contributed by atoms with Gasteiger partial charge in [-0.1, -0.05) is 30.3 Å². The van der Waals surface area contributed by atoms with E-state index in [2.05, 4.69) is 50.5 Å². The highest BCUT2D eigenvalue weighted by Gasteiger charge is 2.25. The summed E-state index contributed by atoms with van der Waals surface area (Å²) in [5.74, 6) is 1.54. The summed E-state index contributed by atoms with van der Waals surface area (Å²) in [4.78, 5) is 39.5. The lowest BCUT2D eigenvalue weighted by Crippen LogP contribution is -2.35. The van der Waals surface area contributed by atoms with E-state index in [0.717, 1.165) is 36.4 Å². The number of ether oxygens (including phenoxy) is 2. The highest BCUT2D eigenvalue weighted by atomic mass is 32.1. The summed E-state index contributed by atoms with van der Waals surface area (Å²) in [7, 11) is 3.75. The van der Waals surface area contributed by atoms with Gasteiger partial charge in [0, 0.05) is 51.2 Å². The number of ketones is 1. The molecule has 3 aromatic rings. The van der Waals surface area contributed by atoms with Crippen molar-refractivity contribution in [1.29, 1.82) is 0 Å².